The van der Waals surface area contributed by atoms with Crippen LogP contribution >= 0.6 is 0 Å². The van der Waals surface area contributed by atoms with Crippen LogP contribution in [0.4, 0.5) is 5.69 Å². The number of amides is 2. The predicted molar refractivity (Wildman–Crippen MR) is 104 cm³/mol. The molecule has 5 heteroatoms. The van der Waals surface area contributed by atoms with Gasteiger partial charge in [0, 0.05) is 25.2 Å². The fraction of sp³-hybridized carbons (Fsp3) is 0.545. The van der Waals surface area contributed by atoms with Crippen LogP contribution in [0, 0.1) is 5.92 Å². The molecule has 2 heterocycles. The molecule has 0 spiro atoms. The Bertz CT molecular complexity index is 747. The maximum Gasteiger partial charge on any atom is 0.241 e. The third-order valence-electron chi connectivity index (χ3n) is 6.04. The van der Waals surface area contributed by atoms with Gasteiger partial charge in [0.25, 0.3) is 0 Å². The number of anilines is 1. The Balaban J connectivity index is 1.62. The first-order chi connectivity index (χ1) is 13.2. The molecule has 0 bridgehead atoms. The smallest absolute Gasteiger partial charge is 0.241 e. The van der Waals surface area contributed by atoms with Crippen molar-refractivity contribution in [1.29, 1.82) is 0 Å². The summed E-state index contributed by atoms with van der Waals surface area (Å²) in [6.07, 6.45) is 5.45. The molecular formula is C22H28N2O3. The monoisotopic (exact) mass is 368 g/mol. The number of imide groups is 1. The van der Waals surface area contributed by atoms with E-state index in [4.69, 9.17) is 4.74 Å². The Hall–Kier alpha value is -2.14. The zero-order valence-electron chi connectivity index (χ0n) is 16.1. The van der Waals surface area contributed by atoms with E-state index in [-0.39, 0.29) is 17.7 Å². The van der Waals surface area contributed by atoms with Crippen LogP contribution in [0.2, 0.25) is 0 Å². The number of carbonyl (C=O) groups excluding carboxylic acids is 2. The molecule has 1 aromatic rings. The van der Waals surface area contributed by atoms with Gasteiger partial charge in [-0.05, 0) is 55.4 Å². The Morgan fingerprint density at radius 3 is 2.44 bits per heavy atom. The SMILES string of the molecule is CCc1ccc(N2C(=O)C[C@@H](C3=C(N4CCOCC4)CCCC3)C2=O)cc1. The number of carbonyl (C=O) groups is 2. The molecule has 3 aliphatic rings. The molecule has 5 nitrogen and oxygen atoms in total. The molecule has 0 aromatic heterocycles. The fourth-order valence-electron chi connectivity index (χ4n) is 4.54. The molecule has 27 heavy (non-hydrogen) atoms. The zero-order valence-corrected chi connectivity index (χ0v) is 16.1. The Labute approximate surface area is 161 Å². The van der Waals surface area contributed by atoms with E-state index in [2.05, 4.69) is 11.8 Å². The van der Waals surface area contributed by atoms with Crippen LogP contribution in [0.15, 0.2) is 35.5 Å². The van der Waals surface area contributed by atoms with Crippen LogP contribution in [-0.4, -0.2) is 43.0 Å². The van der Waals surface area contributed by atoms with E-state index in [9.17, 15) is 9.59 Å². The maximum atomic E-state index is 13.2. The van der Waals surface area contributed by atoms with Gasteiger partial charge in [0.05, 0.1) is 24.8 Å². The topological polar surface area (TPSA) is 49.9 Å². The number of rotatable bonds is 4. The Kier molecular flexibility index (Phi) is 5.30. The van der Waals surface area contributed by atoms with Crippen molar-refractivity contribution in [3.8, 4) is 0 Å². The number of ether oxygens (including phenoxy) is 1. The molecule has 144 valence electrons. The first kappa shape index (κ1) is 18.2. The van der Waals surface area contributed by atoms with Crippen LogP contribution < -0.4 is 4.90 Å². The summed E-state index contributed by atoms with van der Waals surface area (Å²) in [4.78, 5) is 29.7. The van der Waals surface area contributed by atoms with Gasteiger partial charge >= 0.3 is 0 Å². The highest BCUT2D eigenvalue weighted by molar-refractivity contribution is 6.21. The highest BCUT2D eigenvalue weighted by Gasteiger charge is 2.43. The van der Waals surface area contributed by atoms with Crippen molar-refractivity contribution in [1.82, 2.24) is 4.90 Å². The molecule has 2 aliphatic heterocycles. The molecule has 0 N–H and O–H groups in total. The van der Waals surface area contributed by atoms with Gasteiger partial charge in [-0.15, -0.1) is 0 Å². The van der Waals surface area contributed by atoms with Gasteiger partial charge in [0.2, 0.25) is 11.8 Å². The van der Waals surface area contributed by atoms with E-state index < -0.39 is 0 Å². The van der Waals surface area contributed by atoms with E-state index >= 15 is 0 Å². The van der Waals surface area contributed by atoms with Gasteiger partial charge in [0.15, 0.2) is 0 Å². The standard InChI is InChI=1S/C22H28N2O3/c1-2-16-7-9-17(10-8-16)24-21(25)15-19(22(24)26)18-5-3-4-6-20(18)23-11-13-27-14-12-23/h7-10,19H,2-6,11-15H2,1H3/t19-/m0/s1. The Morgan fingerprint density at radius 2 is 1.74 bits per heavy atom. The van der Waals surface area contributed by atoms with E-state index in [0.717, 1.165) is 58.4 Å². The van der Waals surface area contributed by atoms with Crippen LogP contribution in [0.3, 0.4) is 0 Å². The van der Waals surface area contributed by atoms with Crippen LogP contribution in [0.25, 0.3) is 0 Å². The maximum absolute atomic E-state index is 13.2. The van der Waals surface area contributed by atoms with E-state index in [1.165, 1.54) is 21.7 Å². The van der Waals surface area contributed by atoms with Crippen molar-refractivity contribution in [2.75, 3.05) is 31.2 Å². The summed E-state index contributed by atoms with van der Waals surface area (Å²) in [5, 5.41) is 0. The molecule has 1 atom stereocenters. The highest BCUT2D eigenvalue weighted by Crippen LogP contribution is 2.39. The van der Waals surface area contributed by atoms with Crippen molar-refractivity contribution >= 4 is 17.5 Å². The van der Waals surface area contributed by atoms with Crippen LogP contribution in [-0.2, 0) is 20.7 Å². The summed E-state index contributed by atoms with van der Waals surface area (Å²) in [7, 11) is 0. The largest absolute Gasteiger partial charge is 0.378 e. The summed E-state index contributed by atoms with van der Waals surface area (Å²) in [5.74, 6) is -0.415. The number of hydrogen-bond acceptors (Lipinski definition) is 4. The summed E-state index contributed by atoms with van der Waals surface area (Å²) < 4.78 is 5.49. The zero-order chi connectivity index (χ0) is 18.8. The summed E-state index contributed by atoms with van der Waals surface area (Å²) >= 11 is 0. The van der Waals surface area contributed by atoms with Crippen LogP contribution in [0.5, 0.6) is 0 Å². The molecular weight excluding hydrogens is 340 g/mol. The second-order valence-electron chi connectivity index (χ2n) is 7.62. The number of aryl methyl sites for hydroxylation is 1. The lowest BCUT2D eigenvalue weighted by atomic mass is 9.85. The third kappa shape index (κ3) is 3.53. The minimum absolute atomic E-state index is 0.0492. The number of allylic oxidation sites excluding steroid dienone is 1. The van der Waals surface area contributed by atoms with Crippen molar-refractivity contribution in [3.63, 3.8) is 0 Å². The summed E-state index contributed by atoms with van der Waals surface area (Å²) in [6.45, 7) is 5.35. The third-order valence-corrected chi connectivity index (χ3v) is 6.04. The van der Waals surface area contributed by atoms with Crippen molar-refractivity contribution < 1.29 is 14.3 Å². The molecule has 0 unspecified atom stereocenters. The molecule has 1 aromatic carbocycles. The predicted octanol–water partition coefficient (Wildman–Crippen LogP) is 3.29. The lowest BCUT2D eigenvalue weighted by molar-refractivity contribution is -0.121. The van der Waals surface area contributed by atoms with Crippen molar-refractivity contribution in [3.05, 3.63) is 41.1 Å². The summed E-state index contributed by atoms with van der Waals surface area (Å²) in [6, 6.07) is 7.80. The van der Waals surface area contributed by atoms with Crippen molar-refractivity contribution in [2.45, 2.75) is 45.4 Å². The minimum atomic E-state index is -0.290. The molecule has 4 rings (SSSR count). The Morgan fingerprint density at radius 1 is 1.04 bits per heavy atom. The molecule has 2 amide bonds. The normalized spacial score (nSPS) is 24.1. The van der Waals surface area contributed by atoms with Gasteiger partial charge in [-0.2, -0.15) is 0 Å². The molecule has 1 aliphatic carbocycles. The molecule has 2 saturated heterocycles. The summed E-state index contributed by atoms with van der Waals surface area (Å²) in [5.41, 5.74) is 4.42. The highest BCUT2D eigenvalue weighted by atomic mass is 16.5. The van der Waals surface area contributed by atoms with Crippen LogP contribution in [0.1, 0.15) is 44.6 Å². The number of morpholine rings is 1. The number of benzene rings is 1. The number of hydrogen-bond donors (Lipinski definition) is 0. The second kappa shape index (κ2) is 7.85. The van der Waals surface area contributed by atoms with Crippen molar-refractivity contribution in [2.24, 2.45) is 5.92 Å². The fourth-order valence-corrected chi connectivity index (χ4v) is 4.54. The average Bonchev–Trinajstić information content (AvgIpc) is 3.02. The first-order valence-corrected chi connectivity index (χ1v) is 10.2. The minimum Gasteiger partial charge on any atom is -0.378 e. The van der Waals surface area contributed by atoms with Gasteiger partial charge in [0.1, 0.15) is 0 Å². The lowest BCUT2D eigenvalue weighted by Crippen LogP contribution is -2.38. The van der Waals surface area contributed by atoms with E-state index in [0.29, 0.717) is 12.1 Å². The molecule has 2 fully saturated rings. The lowest BCUT2D eigenvalue weighted by Gasteiger charge is -2.36. The second-order valence-corrected chi connectivity index (χ2v) is 7.62. The van der Waals surface area contributed by atoms with Gasteiger partial charge in [-0.1, -0.05) is 19.1 Å². The first-order valence-electron chi connectivity index (χ1n) is 10.2. The molecule has 0 saturated carbocycles. The quantitative estimate of drug-likeness (QED) is 0.765. The van der Waals surface area contributed by atoms with E-state index in [1.54, 1.807) is 0 Å². The van der Waals surface area contributed by atoms with Gasteiger partial charge in [-0.3, -0.25) is 14.5 Å². The van der Waals surface area contributed by atoms with Gasteiger partial charge in [-0.25, -0.2) is 0 Å². The molecule has 0 radical (unpaired) electrons. The van der Waals surface area contributed by atoms with E-state index in [1.807, 2.05) is 24.3 Å². The average molecular weight is 368 g/mol. The van der Waals surface area contributed by atoms with Gasteiger partial charge < -0.3 is 9.64 Å². The number of nitrogens with zero attached hydrogens (tertiary/aromatic N) is 2.